The van der Waals surface area contributed by atoms with Gasteiger partial charge in [0.1, 0.15) is 5.75 Å². The summed E-state index contributed by atoms with van der Waals surface area (Å²) in [6.07, 6.45) is 5.78. The highest BCUT2D eigenvalue weighted by molar-refractivity contribution is 5.94. The Labute approximate surface area is 173 Å². The molecule has 0 fully saturated rings. The van der Waals surface area contributed by atoms with Crippen molar-refractivity contribution in [2.75, 3.05) is 31.1 Å². The van der Waals surface area contributed by atoms with Crippen LogP contribution in [-0.4, -0.2) is 37.0 Å². The Hall–Kier alpha value is -3.28. The summed E-state index contributed by atoms with van der Waals surface area (Å²) >= 11 is 0. The van der Waals surface area contributed by atoms with Crippen molar-refractivity contribution in [3.8, 4) is 24.2 Å². The zero-order valence-electron chi connectivity index (χ0n) is 17.1. The van der Waals surface area contributed by atoms with Gasteiger partial charge in [-0.05, 0) is 43.7 Å². The standard InChI is InChI=1S/C24H27N3O2/c1-4-16-26(18-21-9-7-20(3)8-10-21)19-24(28)27(17-6-15-25)22-11-13-23(14-12-22)29-5-2/h1,7-14H,5-6,16-19H2,2-3H3. The van der Waals surface area contributed by atoms with Gasteiger partial charge in [0.2, 0.25) is 5.91 Å². The number of hydrogen-bond donors (Lipinski definition) is 0. The van der Waals surface area contributed by atoms with Gasteiger partial charge in [0.05, 0.1) is 32.2 Å². The third-order valence-electron chi connectivity index (χ3n) is 4.41. The average Bonchev–Trinajstić information content (AvgIpc) is 2.71. The molecule has 1 amide bonds. The minimum atomic E-state index is -0.0910. The summed E-state index contributed by atoms with van der Waals surface area (Å²) in [6, 6.07) is 17.6. The maximum absolute atomic E-state index is 13.1. The molecule has 0 spiro atoms. The number of nitriles is 1. The molecule has 0 bridgehead atoms. The highest BCUT2D eigenvalue weighted by Crippen LogP contribution is 2.20. The van der Waals surface area contributed by atoms with Crippen LogP contribution in [0.2, 0.25) is 0 Å². The minimum Gasteiger partial charge on any atom is -0.494 e. The van der Waals surface area contributed by atoms with Crippen LogP contribution in [-0.2, 0) is 11.3 Å². The van der Waals surface area contributed by atoms with Crippen molar-refractivity contribution in [1.29, 1.82) is 5.26 Å². The van der Waals surface area contributed by atoms with Gasteiger partial charge in [-0.25, -0.2) is 0 Å². The molecule has 0 atom stereocenters. The van der Waals surface area contributed by atoms with Gasteiger partial charge in [-0.3, -0.25) is 9.69 Å². The van der Waals surface area contributed by atoms with E-state index in [1.807, 2.05) is 67.3 Å². The van der Waals surface area contributed by atoms with Crippen molar-refractivity contribution in [2.45, 2.75) is 26.8 Å². The SMILES string of the molecule is C#CCN(CC(=O)N(CCC#N)c1ccc(OCC)cc1)Cc1ccc(C)cc1. The number of hydrogen-bond acceptors (Lipinski definition) is 4. The summed E-state index contributed by atoms with van der Waals surface area (Å²) in [5.74, 6) is 3.29. The van der Waals surface area contributed by atoms with E-state index >= 15 is 0 Å². The third-order valence-corrected chi connectivity index (χ3v) is 4.41. The van der Waals surface area contributed by atoms with E-state index in [-0.39, 0.29) is 18.9 Å². The lowest BCUT2D eigenvalue weighted by atomic mass is 10.1. The summed E-state index contributed by atoms with van der Waals surface area (Å²) in [7, 11) is 0. The van der Waals surface area contributed by atoms with Crippen molar-refractivity contribution < 1.29 is 9.53 Å². The first-order chi connectivity index (χ1) is 14.1. The lowest BCUT2D eigenvalue weighted by Crippen LogP contribution is -2.41. The van der Waals surface area contributed by atoms with Crippen LogP contribution in [0.5, 0.6) is 5.75 Å². The molecule has 0 aromatic heterocycles. The second-order valence-corrected chi connectivity index (χ2v) is 6.72. The molecule has 0 saturated heterocycles. The largest absolute Gasteiger partial charge is 0.494 e. The van der Waals surface area contributed by atoms with Gasteiger partial charge in [0.25, 0.3) is 0 Å². The van der Waals surface area contributed by atoms with E-state index in [9.17, 15) is 4.79 Å². The zero-order valence-corrected chi connectivity index (χ0v) is 17.1. The molecule has 0 unspecified atom stereocenters. The van der Waals surface area contributed by atoms with Crippen molar-refractivity contribution in [3.05, 3.63) is 59.7 Å². The number of rotatable bonds is 10. The molecule has 5 nitrogen and oxygen atoms in total. The van der Waals surface area contributed by atoms with Crippen molar-refractivity contribution >= 4 is 11.6 Å². The number of carbonyl (C=O) groups is 1. The Morgan fingerprint density at radius 3 is 2.41 bits per heavy atom. The van der Waals surface area contributed by atoms with Crippen molar-refractivity contribution in [2.24, 2.45) is 0 Å². The third kappa shape index (κ3) is 6.99. The first kappa shape index (κ1) is 22.0. The van der Waals surface area contributed by atoms with E-state index in [0.29, 0.717) is 26.2 Å². The molecule has 2 aromatic rings. The number of terminal acetylenes is 1. The maximum atomic E-state index is 13.1. The molecule has 0 aliphatic carbocycles. The first-order valence-corrected chi connectivity index (χ1v) is 9.69. The van der Waals surface area contributed by atoms with Gasteiger partial charge in [-0.2, -0.15) is 5.26 Å². The molecule has 0 aliphatic rings. The fraction of sp³-hybridized carbons (Fsp3) is 0.333. The van der Waals surface area contributed by atoms with Gasteiger partial charge in [0, 0.05) is 18.8 Å². The van der Waals surface area contributed by atoms with Gasteiger partial charge in [-0.1, -0.05) is 35.7 Å². The van der Waals surface area contributed by atoms with Gasteiger partial charge in [0.15, 0.2) is 0 Å². The number of carbonyl (C=O) groups excluding carboxylic acids is 1. The smallest absolute Gasteiger partial charge is 0.241 e. The summed E-state index contributed by atoms with van der Waals surface area (Å²) in [5, 5.41) is 9.00. The van der Waals surface area contributed by atoms with Gasteiger partial charge >= 0.3 is 0 Å². The van der Waals surface area contributed by atoms with E-state index in [2.05, 4.69) is 12.0 Å². The van der Waals surface area contributed by atoms with E-state index in [0.717, 1.165) is 17.0 Å². The Morgan fingerprint density at radius 2 is 1.83 bits per heavy atom. The second kappa shape index (κ2) is 11.5. The molecule has 5 heteroatoms. The molecule has 0 radical (unpaired) electrons. The fourth-order valence-corrected chi connectivity index (χ4v) is 2.97. The molecular formula is C24H27N3O2. The zero-order chi connectivity index (χ0) is 21.1. The molecule has 0 saturated carbocycles. The Kier molecular flexibility index (Phi) is 8.76. The van der Waals surface area contributed by atoms with E-state index in [1.54, 1.807) is 4.90 Å². The molecule has 0 aliphatic heterocycles. The average molecular weight is 389 g/mol. The van der Waals surface area contributed by atoms with Crippen LogP contribution < -0.4 is 9.64 Å². The van der Waals surface area contributed by atoms with Crippen LogP contribution in [0.15, 0.2) is 48.5 Å². The Balaban J connectivity index is 2.14. The maximum Gasteiger partial charge on any atom is 0.241 e. The van der Waals surface area contributed by atoms with Crippen LogP contribution in [0.1, 0.15) is 24.5 Å². The highest BCUT2D eigenvalue weighted by atomic mass is 16.5. The molecule has 150 valence electrons. The number of amides is 1. The normalized spacial score (nSPS) is 10.2. The van der Waals surface area contributed by atoms with Crippen LogP contribution in [0, 0.1) is 30.6 Å². The topological polar surface area (TPSA) is 56.6 Å². The number of aryl methyl sites for hydroxylation is 1. The number of nitrogens with zero attached hydrogens (tertiary/aromatic N) is 3. The molecule has 0 N–H and O–H groups in total. The van der Waals surface area contributed by atoms with Crippen LogP contribution in [0.4, 0.5) is 5.69 Å². The first-order valence-electron chi connectivity index (χ1n) is 9.69. The monoisotopic (exact) mass is 389 g/mol. The lowest BCUT2D eigenvalue weighted by Gasteiger charge is -2.26. The van der Waals surface area contributed by atoms with Gasteiger partial charge < -0.3 is 9.64 Å². The summed E-state index contributed by atoms with van der Waals surface area (Å²) in [5.41, 5.74) is 3.03. The van der Waals surface area contributed by atoms with E-state index < -0.39 is 0 Å². The Morgan fingerprint density at radius 1 is 1.14 bits per heavy atom. The molecule has 0 heterocycles. The molecular weight excluding hydrogens is 362 g/mol. The van der Waals surface area contributed by atoms with Crippen molar-refractivity contribution in [3.63, 3.8) is 0 Å². The number of ether oxygens (including phenoxy) is 1. The Bertz CT molecular complexity index is 861. The summed E-state index contributed by atoms with van der Waals surface area (Å²) in [4.78, 5) is 16.6. The van der Waals surface area contributed by atoms with Crippen molar-refractivity contribution in [1.82, 2.24) is 4.90 Å². The van der Waals surface area contributed by atoms with Crippen LogP contribution >= 0.6 is 0 Å². The fourth-order valence-electron chi connectivity index (χ4n) is 2.97. The van der Waals surface area contributed by atoms with Crippen LogP contribution in [0.25, 0.3) is 0 Å². The predicted octanol–water partition coefficient (Wildman–Crippen LogP) is 3.78. The van der Waals surface area contributed by atoms with Gasteiger partial charge in [-0.15, -0.1) is 6.42 Å². The predicted molar refractivity (Wildman–Crippen MR) is 115 cm³/mol. The number of anilines is 1. The summed E-state index contributed by atoms with van der Waals surface area (Å²) in [6.45, 7) is 6.01. The minimum absolute atomic E-state index is 0.0910. The van der Waals surface area contributed by atoms with Crippen LogP contribution in [0.3, 0.4) is 0 Å². The molecule has 2 aromatic carbocycles. The van der Waals surface area contributed by atoms with E-state index in [1.165, 1.54) is 5.56 Å². The molecule has 2 rings (SSSR count). The summed E-state index contributed by atoms with van der Waals surface area (Å²) < 4.78 is 5.47. The molecule has 29 heavy (non-hydrogen) atoms. The highest BCUT2D eigenvalue weighted by Gasteiger charge is 2.19. The van der Waals surface area contributed by atoms with E-state index in [4.69, 9.17) is 16.4 Å². The lowest BCUT2D eigenvalue weighted by molar-refractivity contribution is -0.119. The quantitative estimate of drug-likeness (QED) is 0.581. The second-order valence-electron chi connectivity index (χ2n) is 6.72. The number of benzene rings is 2.